The van der Waals surface area contributed by atoms with Crippen LogP contribution < -0.4 is 5.73 Å². The zero-order valence-electron chi connectivity index (χ0n) is 6.97. The van der Waals surface area contributed by atoms with Crippen LogP contribution >= 0.6 is 0 Å². The summed E-state index contributed by atoms with van der Waals surface area (Å²) in [6.07, 6.45) is 8.84. The lowest BCUT2D eigenvalue weighted by Gasteiger charge is -2.24. The molecular formula is C9H9N3O. The number of amidine groups is 1. The number of fused-ring (bicyclic) bond motifs is 1. The average Bonchev–Trinajstić information content (AvgIpc) is 2.17. The lowest BCUT2D eigenvalue weighted by molar-refractivity contribution is -0.114. The summed E-state index contributed by atoms with van der Waals surface area (Å²) in [6, 6.07) is 0. The van der Waals surface area contributed by atoms with Crippen molar-refractivity contribution in [2.75, 3.05) is 6.54 Å². The monoisotopic (exact) mass is 175 g/mol. The molecule has 0 atom stereocenters. The summed E-state index contributed by atoms with van der Waals surface area (Å²) in [5.41, 5.74) is 5.65. The van der Waals surface area contributed by atoms with E-state index in [9.17, 15) is 4.79 Å². The number of hydrogen-bond acceptors (Lipinski definition) is 3. The summed E-state index contributed by atoms with van der Waals surface area (Å²) >= 11 is 0. The van der Waals surface area contributed by atoms with Crippen molar-refractivity contribution in [3.63, 3.8) is 0 Å². The van der Waals surface area contributed by atoms with E-state index in [0.29, 0.717) is 5.57 Å². The molecule has 2 N–H and O–H groups in total. The van der Waals surface area contributed by atoms with Gasteiger partial charge in [-0.3, -0.25) is 4.79 Å². The molecule has 4 heteroatoms. The van der Waals surface area contributed by atoms with Crippen LogP contribution in [0.3, 0.4) is 0 Å². The van der Waals surface area contributed by atoms with E-state index in [4.69, 9.17) is 5.73 Å². The quantitative estimate of drug-likeness (QED) is 0.616. The number of carbonyl (C=O) groups excluding carboxylic acids is 1. The molecule has 0 fully saturated rings. The van der Waals surface area contributed by atoms with Gasteiger partial charge in [-0.2, -0.15) is 0 Å². The second kappa shape index (κ2) is 2.90. The minimum Gasteiger partial charge on any atom is -0.366 e. The van der Waals surface area contributed by atoms with Crippen LogP contribution in [0.15, 0.2) is 41.2 Å². The topological polar surface area (TPSA) is 58.7 Å². The van der Waals surface area contributed by atoms with Crippen LogP contribution in [0.4, 0.5) is 0 Å². The minimum atomic E-state index is -0.412. The summed E-state index contributed by atoms with van der Waals surface area (Å²) in [5, 5.41) is 0. The molecule has 66 valence electrons. The van der Waals surface area contributed by atoms with Gasteiger partial charge in [-0.1, -0.05) is 0 Å². The van der Waals surface area contributed by atoms with Crippen LogP contribution in [0.5, 0.6) is 0 Å². The Labute approximate surface area is 75.7 Å². The molecule has 2 rings (SSSR count). The van der Waals surface area contributed by atoms with Gasteiger partial charge < -0.3 is 10.6 Å². The van der Waals surface area contributed by atoms with Gasteiger partial charge in [-0.15, -0.1) is 0 Å². The highest BCUT2D eigenvalue weighted by atomic mass is 16.1. The Morgan fingerprint density at radius 2 is 2.38 bits per heavy atom. The third-order valence-electron chi connectivity index (χ3n) is 1.90. The predicted octanol–water partition coefficient (Wildman–Crippen LogP) is 0.153. The molecule has 0 unspecified atom stereocenters. The lowest BCUT2D eigenvalue weighted by Crippen LogP contribution is -2.30. The summed E-state index contributed by atoms with van der Waals surface area (Å²) in [6.45, 7) is 0.736. The van der Waals surface area contributed by atoms with Crippen molar-refractivity contribution in [2.45, 2.75) is 0 Å². The summed E-state index contributed by atoms with van der Waals surface area (Å²) in [7, 11) is 0. The van der Waals surface area contributed by atoms with E-state index >= 15 is 0 Å². The van der Waals surface area contributed by atoms with Gasteiger partial charge in [0.25, 0.3) is 0 Å². The van der Waals surface area contributed by atoms with Crippen LogP contribution in [0.2, 0.25) is 0 Å². The first kappa shape index (κ1) is 7.79. The zero-order valence-corrected chi connectivity index (χ0v) is 6.97. The van der Waals surface area contributed by atoms with Crippen molar-refractivity contribution in [1.82, 2.24) is 4.90 Å². The predicted molar refractivity (Wildman–Crippen MR) is 49.7 cm³/mol. The molecule has 2 aliphatic rings. The molecule has 0 spiro atoms. The molecule has 1 amide bonds. The van der Waals surface area contributed by atoms with Crippen molar-refractivity contribution in [3.8, 4) is 0 Å². The van der Waals surface area contributed by atoms with Gasteiger partial charge in [0.2, 0.25) is 5.91 Å². The molecular weight excluding hydrogens is 166 g/mol. The van der Waals surface area contributed by atoms with Crippen LogP contribution in [0.1, 0.15) is 0 Å². The van der Waals surface area contributed by atoms with Gasteiger partial charge >= 0.3 is 0 Å². The van der Waals surface area contributed by atoms with Crippen molar-refractivity contribution in [1.29, 1.82) is 0 Å². The van der Waals surface area contributed by atoms with Crippen molar-refractivity contribution >= 4 is 11.7 Å². The molecule has 0 aromatic heterocycles. The Morgan fingerprint density at radius 3 is 3.15 bits per heavy atom. The Hall–Kier alpha value is -1.84. The van der Waals surface area contributed by atoms with E-state index in [-0.39, 0.29) is 0 Å². The molecule has 0 aliphatic carbocycles. The van der Waals surface area contributed by atoms with E-state index < -0.39 is 5.91 Å². The zero-order chi connectivity index (χ0) is 9.26. The number of primary amides is 1. The Bertz CT molecular complexity index is 363. The minimum absolute atomic E-state index is 0.412. The third kappa shape index (κ3) is 1.38. The number of aliphatic imine (C=N–C) groups is 1. The Morgan fingerprint density at radius 1 is 1.54 bits per heavy atom. The van der Waals surface area contributed by atoms with Gasteiger partial charge in [-0.25, -0.2) is 4.99 Å². The van der Waals surface area contributed by atoms with Gasteiger partial charge in [0.1, 0.15) is 5.84 Å². The third-order valence-corrected chi connectivity index (χ3v) is 1.90. The highest BCUT2D eigenvalue weighted by Gasteiger charge is 2.14. The smallest absolute Gasteiger partial charge is 0.250 e. The number of hydrogen-bond donors (Lipinski definition) is 1. The average molecular weight is 175 g/mol. The summed E-state index contributed by atoms with van der Waals surface area (Å²) < 4.78 is 0. The molecule has 0 saturated heterocycles. The van der Waals surface area contributed by atoms with Gasteiger partial charge in [0.05, 0.1) is 5.57 Å². The molecule has 0 saturated carbocycles. The van der Waals surface area contributed by atoms with Crippen LogP contribution in [0.25, 0.3) is 0 Å². The Balaban J connectivity index is 2.30. The van der Waals surface area contributed by atoms with Crippen molar-refractivity contribution < 1.29 is 4.79 Å². The van der Waals surface area contributed by atoms with Crippen LogP contribution in [-0.2, 0) is 4.79 Å². The van der Waals surface area contributed by atoms with E-state index in [2.05, 4.69) is 4.99 Å². The Kier molecular flexibility index (Phi) is 1.73. The first-order valence-electron chi connectivity index (χ1n) is 3.96. The molecule has 0 bridgehead atoms. The standard InChI is InChI=1S/C9H9N3O/c10-9(13)7-2-3-8-11-4-1-5-12(8)6-7/h1-4,6H,5H2,(H2,10,13). The molecule has 13 heavy (non-hydrogen) atoms. The molecule has 0 radical (unpaired) electrons. The second-order valence-corrected chi connectivity index (χ2v) is 2.81. The number of nitrogens with zero attached hydrogens (tertiary/aromatic N) is 2. The molecule has 2 aliphatic heterocycles. The fourth-order valence-electron chi connectivity index (χ4n) is 1.24. The maximum Gasteiger partial charge on any atom is 0.250 e. The molecule has 2 heterocycles. The highest BCUT2D eigenvalue weighted by Crippen LogP contribution is 2.12. The fraction of sp³-hybridized carbons (Fsp3) is 0.111. The maximum absolute atomic E-state index is 10.8. The normalized spacial score (nSPS) is 19.2. The van der Waals surface area contributed by atoms with E-state index in [1.54, 1.807) is 24.6 Å². The lowest BCUT2D eigenvalue weighted by atomic mass is 10.2. The van der Waals surface area contributed by atoms with E-state index in [1.807, 2.05) is 11.0 Å². The number of rotatable bonds is 1. The fourth-order valence-corrected chi connectivity index (χ4v) is 1.24. The van der Waals surface area contributed by atoms with Crippen molar-refractivity contribution in [3.05, 3.63) is 36.2 Å². The first-order valence-corrected chi connectivity index (χ1v) is 3.96. The molecule has 4 nitrogen and oxygen atoms in total. The van der Waals surface area contributed by atoms with Gasteiger partial charge in [0, 0.05) is 18.9 Å². The maximum atomic E-state index is 10.8. The second-order valence-electron chi connectivity index (χ2n) is 2.81. The van der Waals surface area contributed by atoms with Gasteiger partial charge in [-0.05, 0) is 18.2 Å². The van der Waals surface area contributed by atoms with E-state index in [1.165, 1.54) is 0 Å². The van der Waals surface area contributed by atoms with E-state index in [0.717, 1.165) is 12.4 Å². The van der Waals surface area contributed by atoms with Crippen LogP contribution in [0, 0.1) is 0 Å². The molecule has 0 aromatic carbocycles. The number of carbonyl (C=O) groups is 1. The van der Waals surface area contributed by atoms with Crippen molar-refractivity contribution in [2.24, 2.45) is 10.7 Å². The highest BCUT2D eigenvalue weighted by molar-refractivity contribution is 6.02. The SMILES string of the molecule is NC(=O)C1=CN2CC=CN=C2C=C1. The van der Waals surface area contributed by atoms with Crippen LogP contribution in [-0.4, -0.2) is 23.2 Å². The first-order chi connectivity index (χ1) is 6.27. The summed E-state index contributed by atoms with van der Waals surface area (Å²) in [5.74, 6) is 0.428. The largest absolute Gasteiger partial charge is 0.366 e. The number of nitrogens with two attached hydrogens (primary N) is 1. The van der Waals surface area contributed by atoms with Gasteiger partial charge in [0.15, 0.2) is 0 Å². The molecule has 0 aromatic rings. The number of amides is 1. The summed E-state index contributed by atoms with van der Waals surface area (Å²) in [4.78, 5) is 16.8.